The molecule has 0 spiro atoms. The molecule has 0 unspecified atom stereocenters. The third-order valence-electron chi connectivity index (χ3n) is 4.31. The Morgan fingerprint density at radius 2 is 1.96 bits per heavy atom. The second-order valence-electron chi connectivity index (χ2n) is 6.13. The molecule has 3 rings (SSSR count). The Labute approximate surface area is 150 Å². The van der Waals surface area contributed by atoms with Gasteiger partial charge in [0.15, 0.2) is 0 Å². The molecule has 2 heterocycles. The molecule has 1 aromatic heterocycles. The van der Waals surface area contributed by atoms with Crippen LogP contribution >= 0.6 is 11.3 Å². The van der Waals surface area contributed by atoms with E-state index < -0.39 is 0 Å². The number of nitrogens with zero attached hydrogens (tertiary/aromatic N) is 3. The highest BCUT2D eigenvalue weighted by atomic mass is 32.1. The van der Waals surface area contributed by atoms with E-state index in [0.29, 0.717) is 18.1 Å². The summed E-state index contributed by atoms with van der Waals surface area (Å²) in [5.74, 6) is -0.360. The first-order valence-electron chi connectivity index (χ1n) is 8.48. The summed E-state index contributed by atoms with van der Waals surface area (Å²) >= 11 is 1.33. The SMILES string of the molecule is Nc1nnc(CCNC(=O)[C@@H](c2ccc(F)cc2)N2CCCCC2)s1. The number of nitrogens with two attached hydrogens (primary N) is 1. The first-order valence-corrected chi connectivity index (χ1v) is 9.30. The molecule has 1 aliphatic heterocycles. The second-order valence-corrected chi connectivity index (χ2v) is 7.22. The van der Waals surface area contributed by atoms with E-state index in [0.717, 1.165) is 36.5 Å². The molecule has 6 nitrogen and oxygen atoms in total. The molecule has 0 aliphatic carbocycles. The van der Waals surface area contributed by atoms with Gasteiger partial charge in [-0.15, -0.1) is 10.2 Å². The van der Waals surface area contributed by atoms with Crippen LogP contribution in [0.4, 0.5) is 9.52 Å². The van der Waals surface area contributed by atoms with Gasteiger partial charge in [-0.3, -0.25) is 9.69 Å². The highest BCUT2D eigenvalue weighted by molar-refractivity contribution is 7.15. The molecule has 25 heavy (non-hydrogen) atoms. The summed E-state index contributed by atoms with van der Waals surface area (Å²) < 4.78 is 13.2. The first kappa shape index (κ1) is 17.8. The number of hydrogen-bond acceptors (Lipinski definition) is 6. The number of anilines is 1. The van der Waals surface area contributed by atoms with E-state index in [-0.39, 0.29) is 17.8 Å². The Morgan fingerprint density at radius 3 is 2.60 bits per heavy atom. The van der Waals surface area contributed by atoms with Crippen molar-refractivity contribution in [2.45, 2.75) is 31.7 Å². The van der Waals surface area contributed by atoms with Crippen LogP contribution in [0.2, 0.25) is 0 Å². The van der Waals surface area contributed by atoms with Gasteiger partial charge in [0.05, 0.1) is 0 Å². The van der Waals surface area contributed by atoms with Crippen LogP contribution in [0, 0.1) is 5.82 Å². The van der Waals surface area contributed by atoms with Crippen molar-refractivity contribution < 1.29 is 9.18 Å². The molecule has 1 amide bonds. The predicted molar refractivity (Wildman–Crippen MR) is 95.6 cm³/mol. The highest BCUT2D eigenvalue weighted by Crippen LogP contribution is 2.25. The summed E-state index contributed by atoms with van der Waals surface area (Å²) in [4.78, 5) is 15.0. The topological polar surface area (TPSA) is 84.1 Å². The minimum Gasteiger partial charge on any atom is -0.374 e. The summed E-state index contributed by atoms with van der Waals surface area (Å²) in [6.07, 6.45) is 3.94. The van der Waals surface area contributed by atoms with Gasteiger partial charge in [-0.2, -0.15) is 0 Å². The Balaban J connectivity index is 1.66. The molecule has 1 aromatic carbocycles. The van der Waals surface area contributed by atoms with Crippen molar-refractivity contribution in [1.29, 1.82) is 0 Å². The fraction of sp³-hybridized carbons (Fsp3) is 0.471. The third kappa shape index (κ3) is 4.73. The summed E-state index contributed by atoms with van der Waals surface area (Å²) in [6, 6.07) is 5.81. The lowest BCUT2D eigenvalue weighted by Crippen LogP contribution is -2.43. The quantitative estimate of drug-likeness (QED) is 0.821. The van der Waals surface area contributed by atoms with E-state index in [1.807, 2.05) is 0 Å². The average molecular weight is 363 g/mol. The lowest BCUT2D eigenvalue weighted by molar-refractivity contribution is -0.127. The molecule has 3 N–H and O–H groups in total. The lowest BCUT2D eigenvalue weighted by Gasteiger charge is -2.33. The normalized spacial score (nSPS) is 16.5. The number of hydrogen-bond donors (Lipinski definition) is 2. The monoisotopic (exact) mass is 363 g/mol. The van der Waals surface area contributed by atoms with Crippen LogP contribution in [0.25, 0.3) is 0 Å². The average Bonchev–Trinajstić information content (AvgIpc) is 3.03. The molecule has 8 heteroatoms. The number of nitrogens with one attached hydrogen (secondary N) is 1. The van der Waals surface area contributed by atoms with E-state index in [4.69, 9.17) is 5.73 Å². The zero-order chi connectivity index (χ0) is 17.6. The van der Waals surface area contributed by atoms with E-state index in [9.17, 15) is 9.18 Å². The lowest BCUT2D eigenvalue weighted by atomic mass is 10.0. The first-order chi connectivity index (χ1) is 12.1. The van der Waals surface area contributed by atoms with E-state index in [2.05, 4.69) is 20.4 Å². The number of piperidine rings is 1. The fourth-order valence-electron chi connectivity index (χ4n) is 3.11. The number of nitrogen functional groups attached to an aromatic ring is 1. The van der Waals surface area contributed by atoms with Gasteiger partial charge in [0.25, 0.3) is 0 Å². The summed E-state index contributed by atoms with van der Waals surface area (Å²) in [7, 11) is 0. The van der Waals surface area contributed by atoms with Crippen LogP contribution in [0.3, 0.4) is 0 Å². The molecule has 1 fully saturated rings. The maximum absolute atomic E-state index is 13.2. The van der Waals surface area contributed by atoms with Gasteiger partial charge in [0.2, 0.25) is 11.0 Å². The van der Waals surface area contributed by atoms with E-state index in [1.165, 1.54) is 29.9 Å². The zero-order valence-electron chi connectivity index (χ0n) is 13.9. The summed E-state index contributed by atoms with van der Waals surface area (Å²) in [6.45, 7) is 2.23. The maximum atomic E-state index is 13.2. The summed E-state index contributed by atoms with van der Waals surface area (Å²) in [5, 5.41) is 11.9. The number of benzene rings is 1. The number of rotatable bonds is 6. The second kappa shape index (κ2) is 8.35. The fourth-order valence-corrected chi connectivity index (χ4v) is 3.72. The maximum Gasteiger partial charge on any atom is 0.241 e. The Hall–Kier alpha value is -2.06. The van der Waals surface area contributed by atoms with Gasteiger partial charge in [-0.1, -0.05) is 29.9 Å². The molecular formula is C17H22FN5OS. The van der Waals surface area contributed by atoms with Gasteiger partial charge in [-0.05, 0) is 43.6 Å². The number of likely N-dealkylation sites (tertiary alicyclic amines) is 1. The Bertz CT molecular complexity index is 699. The Kier molecular flexibility index (Phi) is 5.93. The largest absolute Gasteiger partial charge is 0.374 e. The minimum absolute atomic E-state index is 0.0639. The van der Waals surface area contributed by atoms with Gasteiger partial charge < -0.3 is 11.1 Å². The third-order valence-corrected chi connectivity index (χ3v) is 5.12. The zero-order valence-corrected chi connectivity index (χ0v) is 14.8. The molecule has 1 atom stereocenters. The van der Waals surface area contributed by atoms with Crippen molar-refractivity contribution in [2.75, 3.05) is 25.4 Å². The smallest absolute Gasteiger partial charge is 0.241 e. The van der Waals surface area contributed by atoms with E-state index >= 15 is 0 Å². The van der Waals surface area contributed by atoms with E-state index in [1.54, 1.807) is 12.1 Å². The molecule has 0 saturated carbocycles. The van der Waals surface area contributed by atoms with Gasteiger partial charge in [0.1, 0.15) is 16.9 Å². The number of amides is 1. The minimum atomic E-state index is -0.389. The van der Waals surface area contributed by atoms with Crippen molar-refractivity contribution in [2.24, 2.45) is 0 Å². The van der Waals surface area contributed by atoms with Crippen LogP contribution < -0.4 is 11.1 Å². The molecule has 134 valence electrons. The highest BCUT2D eigenvalue weighted by Gasteiger charge is 2.28. The molecular weight excluding hydrogens is 341 g/mol. The van der Waals surface area contributed by atoms with Crippen molar-refractivity contribution >= 4 is 22.4 Å². The van der Waals surface area contributed by atoms with Crippen LogP contribution in [0.5, 0.6) is 0 Å². The molecule has 0 radical (unpaired) electrons. The summed E-state index contributed by atoms with van der Waals surface area (Å²) in [5.41, 5.74) is 6.38. The molecule has 1 saturated heterocycles. The standard InChI is InChI=1S/C17H22FN5OS/c18-13-6-4-12(5-7-13)15(23-10-2-1-3-11-23)16(24)20-9-8-14-21-22-17(19)25-14/h4-7,15H,1-3,8-11H2,(H2,19,22)(H,20,24)/t15-/m1/s1. The van der Waals surface area contributed by atoms with Crippen LogP contribution in [0.15, 0.2) is 24.3 Å². The van der Waals surface area contributed by atoms with Gasteiger partial charge in [0, 0.05) is 13.0 Å². The molecule has 2 aromatic rings. The Morgan fingerprint density at radius 1 is 1.24 bits per heavy atom. The predicted octanol–water partition coefficient (Wildman–Crippen LogP) is 2.15. The molecule has 0 bridgehead atoms. The number of aromatic nitrogens is 2. The number of halogens is 1. The van der Waals surface area contributed by atoms with Gasteiger partial charge in [-0.25, -0.2) is 4.39 Å². The number of carbonyl (C=O) groups is 1. The van der Waals surface area contributed by atoms with Crippen LogP contribution in [-0.2, 0) is 11.2 Å². The van der Waals surface area contributed by atoms with Crippen LogP contribution in [0.1, 0.15) is 35.9 Å². The van der Waals surface area contributed by atoms with Gasteiger partial charge >= 0.3 is 0 Å². The van der Waals surface area contributed by atoms with Crippen molar-refractivity contribution in [1.82, 2.24) is 20.4 Å². The van der Waals surface area contributed by atoms with Crippen molar-refractivity contribution in [3.8, 4) is 0 Å². The van der Waals surface area contributed by atoms with Crippen molar-refractivity contribution in [3.05, 3.63) is 40.7 Å². The van der Waals surface area contributed by atoms with Crippen LogP contribution in [-0.4, -0.2) is 40.6 Å². The van der Waals surface area contributed by atoms with Crippen molar-refractivity contribution in [3.63, 3.8) is 0 Å². The number of carbonyl (C=O) groups excluding carboxylic acids is 1. The molecule has 1 aliphatic rings.